The maximum absolute atomic E-state index is 13.3. The number of fused-ring (bicyclic) bond motifs is 1. The van der Waals surface area contributed by atoms with Crippen molar-refractivity contribution < 1.29 is 18.7 Å². The SMILES string of the molecule is O=C(O)c1nccc2cc(F)cc(F)c12. The molecule has 1 aromatic heterocycles. The summed E-state index contributed by atoms with van der Waals surface area (Å²) in [4.78, 5) is 14.3. The van der Waals surface area contributed by atoms with E-state index in [1.807, 2.05) is 0 Å². The van der Waals surface area contributed by atoms with Gasteiger partial charge >= 0.3 is 5.97 Å². The largest absolute Gasteiger partial charge is 0.476 e. The number of rotatable bonds is 1. The van der Waals surface area contributed by atoms with Crippen molar-refractivity contribution in [3.8, 4) is 0 Å². The number of carboxylic acids is 1. The van der Waals surface area contributed by atoms with Crippen molar-refractivity contribution >= 4 is 16.7 Å². The van der Waals surface area contributed by atoms with E-state index >= 15 is 0 Å². The molecule has 2 rings (SSSR count). The minimum absolute atomic E-state index is 0.175. The second-order valence-electron chi connectivity index (χ2n) is 2.95. The number of aromatic carboxylic acids is 1. The van der Waals surface area contributed by atoms with Gasteiger partial charge in [-0.15, -0.1) is 0 Å². The highest BCUT2D eigenvalue weighted by atomic mass is 19.1. The number of carboxylic acid groups (broad SMARTS) is 1. The van der Waals surface area contributed by atoms with Crippen molar-refractivity contribution in [1.82, 2.24) is 4.98 Å². The molecule has 0 saturated heterocycles. The van der Waals surface area contributed by atoms with Crippen molar-refractivity contribution in [3.05, 3.63) is 41.7 Å². The summed E-state index contributed by atoms with van der Waals surface area (Å²) in [5.74, 6) is -3.01. The van der Waals surface area contributed by atoms with Gasteiger partial charge < -0.3 is 5.11 Å². The Labute approximate surface area is 83.0 Å². The second kappa shape index (κ2) is 3.27. The van der Waals surface area contributed by atoms with E-state index < -0.39 is 23.3 Å². The number of hydrogen-bond acceptors (Lipinski definition) is 2. The van der Waals surface area contributed by atoms with Crippen LogP contribution in [0.1, 0.15) is 10.5 Å². The highest BCUT2D eigenvalue weighted by Gasteiger charge is 2.14. The topological polar surface area (TPSA) is 50.2 Å². The normalized spacial score (nSPS) is 10.5. The number of hydrogen-bond donors (Lipinski definition) is 1. The van der Waals surface area contributed by atoms with Crippen LogP contribution >= 0.6 is 0 Å². The van der Waals surface area contributed by atoms with Crippen LogP contribution in [0.25, 0.3) is 10.8 Å². The molecule has 0 unspecified atom stereocenters. The molecule has 0 bridgehead atoms. The van der Waals surface area contributed by atoms with Crippen LogP contribution in [-0.2, 0) is 0 Å². The highest BCUT2D eigenvalue weighted by molar-refractivity contribution is 6.01. The van der Waals surface area contributed by atoms with Gasteiger partial charge in [-0.1, -0.05) is 0 Å². The summed E-state index contributed by atoms with van der Waals surface area (Å²) in [7, 11) is 0. The lowest BCUT2D eigenvalue weighted by Crippen LogP contribution is -2.02. The van der Waals surface area contributed by atoms with E-state index in [0.29, 0.717) is 6.07 Å². The molecule has 0 aliphatic rings. The Bertz CT molecular complexity index is 554. The highest BCUT2D eigenvalue weighted by Crippen LogP contribution is 2.21. The van der Waals surface area contributed by atoms with Crippen LogP contribution in [0.15, 0.2) is 24.4 Å². The molecule has 0 aliphatic carbocycles. The van der Waals surface area contributed by atoms with Crippen LogP contribution in [-0.4, -0.2) is 16.1 Å². The van der Waals surface area contributed by atoms with Crippen LogP contribution in [0.2, 0.25) is 0 Å². The van der Waals surface area contributed by atoms with Gasteiger partial charge in [-0.25, -0.2) is 18.6 Å². The number of halogens is 2. The minimum atomic E-state index is -1.34. The summed E-state index contributed by atoms with van der Waals surface area (Å²) < 4.78 is 26.1. The van der Waals surface area contributed by atoms with Gasteiger partial charge in [-0.2, -0.15) is 0 Å². The van der Waals surface area contributed by atoms with Crippen molar-refractivity contribution in [2.24, 2.45) is 0 Å². The lowest BCUT2D eigenvalue weighted by atomic mass is 10.1. The molecule has 1 aromatic carbocycles. The van der Waals surface area contributed by atoms with Gasteiger partial charge in [0.15, 0.2) is 5.69 Å². The lowest BCUT2D eigenvalue weighted by molar-refractivity contribution is 0.0692. The first-order valence-corrected chi connectivity index (χ1v) is 4.06. The first-order chi connectivity index (χ1) is 7.09. The first kappa shape index (κ1) is 9.51. The third-order valence-electron chi connectivity index (χ3n) is 1.98. The van der Waals surface area contributed by atoms with Gasteiger partial charge in [0, 0.05) is 12.3 Å². The monoisotopic (exact) mass is 209 g/mol. The molecule has 1 heterocycles. The molecule has 0 spiro atoms. The molecule has 0 saturated carbocycles. The van der Waals surface area contributed by atoms with E-state index in [1.165, 1.54) is 12.3 Å². The fourth-order valence-corrected chi connectivity index (χ4v) is 1.39. The standard InChI is InChI=1S/C10H5F2NO2/c11-6-3-5-1-2-13-9(10(14)15)8(5)7(12)4-6/h1-4H,(H,14,15). The Morgan fingerprint density at radius 2 is 2.07 bits per heavy atom. The molecule has 0 fully saturated rings. The molecule has 1 N–H and O–H groups in total. The molecule has 2 aromatic rings. The van der Waals surface area contributed by atoms with E-state index in [1.54, 1.807) is 0 Å². The summed E-state index contributed by atoms with van der Waals surface area (Å²) in [6.07, 6.45) is 1.20. The number of pyridine rings is 1. The zero-order chi connectivity index (χ0) is 11.0. The maximum Gasteiger partial charge on any atom is 0.355 e. The lowest BCUT2D eigenvalue weighted by Gasteiger charge is -2.02. The van der Waals surface area contributed by atoms with Crippen molar-refractivity contribution in [3.63, 3.8) is 0 Å². The zero-order valence-electron chi connectivity index (χ0n) is 7.37. The van der Waals surface area contributed by atoms with E-state index in [9.17, 15) is 13.6 Å². The van der Waals surface area contributed by atoms with Crippen molar-refractivity contribution in [2.45, 2.75) is 0 Å². The van der Waals surface area contributed by atoms with Gasteiger partial charge in [-0.05, 0) is 17.5 Å². The molecule has 15 heavy (non-hydrogen) atoms. The molecule has 0 aliphatic heterocycles. The average Bonchev–Trinajstić information content (AvgIpc) is 2.16. The smallest absolute Gasteiger partial charge is 0.355 e. The Morgan fingerprint density at radius 1 is 1.33 bits per heavy atom. The molecule has 0 radical (unpaired) electrons. The van der Waals surface area contributed by atoms with Crippen molar-refractivity contribution in [2.75, 3.05) is 0 Å². The Balaban J connectivity index is 2.91. The quantitative estimate of drug-likeness (QED) is 0.783. The molecular weight excluding hydrogens is 204 g/mol. The number of aromatic nitrogens is 1. The summed E-state index contributed by atoms with van der Waals surface area (Å²) in [5, 5.41) is 8.76. The van der Waals surface area contributed by atoms with E-state index in [0.717, 1.165) is 6.07 Å². The molecule has 76 valence electrons. The summed E-state index contributed by atoms with van der Waals surface area (Å²) in [6, 6.07) is 3.05. The first-order valence-electron chi connectivity index (χ1n) is 4.06. The predicted octanol–water partition coefficient (Wildman–Crippen LogP) is 2.21. The minimum Gasteiger partial charge on any atom is -0.476 e. The molecular formula is C10H5F2NO2. The van der Waals surface area contributed by atoms with E-state index in [2.05, 4.69) is 4.98 Å². The summed E-state index contributed by atoms with van der Waals surface area (Å²) in [6.45, 7) is 0. The molecule has 0 amide bonds. The molecule has 0 atom stereocenters. The Hall–Kier alpha value is -2.04. The Kier molecular flexibility index (Phi) is 2.07. The van der Waals surface area contributed by atoms with Crippen LogP contribution in [0.3, 0.4) is 0 Å². The average molecular weight is 209 g/mol. The van der Waals surface area contributed by atoms with Crippen LogP contribution in [0, 0.1) is 11.6 Å². The van der Waals surface area contributed by atoms with Gasteiger partial charge in [0.2, 0.25) is 0 Å². The predicted molar refractivity (Wildman–Crippen MR) is 48.6 cm³/mol. The number of nitrogens with zero attached hydrogens (tertiary/aromatic N) is 1. The zero-order valence-corrected chi connectivity index (χ0v) is 7.37. The van der Waals surface area contributed by atoms with Crippen LogP contribution < -0.4 is 0 Å². The molecule has 5 heteroatoms. The van der Waals surface area contributed by atoms with Crippen molar-refractivity contribution in [1.29, 1.82) is 0 Å². The fraction of sp³-hybridized carbons (Fsp3) is 0. The summed E-state index contributed by atoms with van der Waals surface area (Å²) in [5.41, 5.74) is -0.412. The van der Waals surface area contributed by atoms with Gasteiger partial charge in [0.1, 0.15) is 11.6 Å². The maximum atomic E-state index is 13.3. The fourth-order valence-electron chi connectivity index (χ4n) is 1.39. The third kappa shape index (κ3) is 1.52. The second-order valence-corrected chi connectivity index (χ2v) is 2.95. The van der Waals surface area contributed by atoms with E-state index in [4.69, 9.17) is 5.11 Å². The number of benzene rings is 1. The Morgan fingerprint density at radius 3 is 2.73 bits per heavy atom. The van der Waals surface area contributed by atoms with E-state index in [-0.39, 0.29) is 10.8 Å². The van der Waals surface area contributed by atoms with Crippen LogP contribution in [0.4, 0.5) is 8.78 Å². The number of carbonyl (C=O) groups is 1. The van der Waals surface area contributed by atoms with Crippen LogP contribution in [0.5, 0.6) is 0 Å². The van der Waals surface area contributed by atoms with Gasteiger partial charge in [0.05, 0.1) is 5.39 Å². The van der Waals surface area contributed by atoms with Gasteiger partial charge in [0.25, 0.3) is 0 Å². The summed E-state index contributed by atoms with van der Waals surface area (Å²) >= 11 is 0. The van der Waals surface area contributed by atoms with Gasteiger partial charge in [-0.3, -0.25) is 0 Å². The third-order valence-corrected chi connectivity index (χ3v) is 1.98. The molecule has 3 nitrogen and oxygen atoms in total.